The number of hydrogen-bond acceptors (Lipinski definition) is 4. The van der Waals surface area contributed by atoms with Crippen LogP contribution in [0.2, 0.25) is 0 Å². The molecule has 0 radical (unpaired) electrons. The molecule has 4 rings (SSSR count). The van der Waals surface area contributed by atoms with Crippen LogP contribution in [0.3, 0.4) is 0 Å². The van der Waals surface area contributed by atoms with Gasteiger partial charge in [-0.3, -0.25) is 0 Å². The molecule has 1 saturated heterocycles. The van der Waals surface area contributed by atoms with E-state index in [2.05, 4.69) is 21.3 Å². The van der Waals surface area contributed by atoms with Crippen LogP contribution in [0, 0.1) is 5.82 Å². The van der Waals surface area contributed by atoms with E-state index in [1.54, 1.807) is 12.1 Å². The van der Waals surface area contributed by atoms with Crippen molar-refractivity contribution in [3.63, 3.8) is 0 Å². The number of halogens is 1. The molecule has 2 aromatic carbocycles. The predicted octanol–water partition coefficient (Wildman–Crippen LogP) is 4.50. The van der Waals surface area contributed by atoms with Gasteiger partial charge in [-0.25, -0.2) is 9.37 Å². The molecule has 0 amide bonds. The largest absolute Gasteiger partial charge is 0.356 e. The van der Waals surface area contributed by atoms with Crippen LogP contribution in [0.15, 0.2) is 48.5 Å². The Morgan fingerprint density at radius 1 is 0.875 bits per heavy atom. The molecule has 0 bridgehead atoms. The molecule has 3 aromatic rings. The van der Waals surface area contributed by atoms with Crippen LogP contribution in [0.5, 0.6) is 0 Å². The molecule has 0 saturated carbocycles. The zero-order valence-corrected chi connectivity index (χ0v) is 13.4. The number of benzene rings is 2. The summed E-state index contributed by atoms with van der Waals surface area (Å²) in [5.41, 5.74) is 1.69. The quantitative estimate of drug-likeness (QED) is 0.770. The van der Waals surface area contributed by atoms with Gasteiger partial charge in [-0.2, -0.15) is 4.98 Å². The molecular weight excluding hydrogens is 303 g/mol. The lowest BCUT2D eigenvalue weighted by Gasteiger charge is -2.28. The van der Waals surface area contributed by atoms with Crippen molar-refractivity contribution in [2.45, 2.75) is 19.3 Å². The fraction of sp³-hybridized carbons (Fsp3) is 0.263. The Morgan fingerprint density at radius 3 is 2.42 bits per heavy atom. The summed E-state index contributed by atoms with van der Waals surface area (Å²) in [7, 11) is 0. The summed E-state index contributed by atoms with van der Waals surface area (Å²) in [6.07, 6.45) is 3.66. The monoisotopic (exact) mass is 322 g/mol. The predicted molar refractivity (Wildman–Crippen MR) is 95.3 cm³/mol. The van der Waals surface area contributed by atoms with Gasteiger partial charge in [0.1, 0.15) is 11.6 Å². The topological polar surface area (TPSA) is 41.1 Å². The second-order valence-corrected chi connectivity index (χ2v) is 6.07. The van der Waals surface area contributed by atoms with Gasteiger partial charge < -0.3 is 10.2 Å². The summed E-state index contributed by atoms with van der Waals surface area (Å²) >= 11 is 0. The second kappa shape index (κ2) is 6.43. The molecule has 1 aromatic heterocycles. The number of fused-ring (bicyclic) bond motifs is 1. The molecule has 1 aliphatic rings. The van der Waals surface area contributed by atoms with Gasteiger partial charge in [0.15, 0.2) is 0 Å². The van der Waals surface area contributed by atoms with Crippen molar-refractivity contribution in [3.8, 4) is 0 Å². The summed E-state index contributed by atoms with van der Waals surface area (Å²) < 4.78 is 13.1. The lowest BCUT2D eigenvalue weighted by molar-refractivity contribution is 0.575. The Balaban J connectivity index is 1.74. The lowest BCUT2D eigenvalue weighted by Crippen LogP contribution is -2.30. The number of nitrogens with one attached hydrogen (secondary N) is 1. The zero-order chi connectivity index (χ0) is 16.4. The first kappa shape index (κ1) is 14.9. The molecule has 5 heteroatoms. The average Bonchev–Trinajstić information content (AvgIpc) is 2.64. The van der Waals surface area contributed by atoms with Crippen molar-refractivity contribution in [1.29, 1.82) is 0 Å². The molecule has 24 heavy (non-hydrogen) atoms. The maximum Gasteiger partial charge on any atom is 0.229 e. The molecule has 1 fully saturated rings. The standard InChI is InChI=1S/C19H19FN4/c20-14-8-10-15(11-9-14)21-19-22-17-7-3-2-6-16(17)18(23-19)24-12-4-1-5-13-24/h2-3,6-11H,1,4-5,12-13H2,(H,21,22,23). The number of piperidine rings is 1. The Hall–Kier alpha value is -2.69. The molecule has 0 atom stereocenters. The Morgan fingerprint density at radius 2 is 1.62 bits per heavy atom. The van der Waals surface area contributed by atoms with E-state index in [-0.39, 0.29) is 5.82 Å². The number of aromatic nitrogens is 2. The van der Waals surface area contributed by atoms with Gasteiger partial charge in [0.05, 0.1) is 5.52 Å². The first-order chi connectivity index (χ1) is 11.8. The van der Waals surface area contributed by atoms with E-state index in [1.165, 1.54) is 31.4 Å². The number of hydrogen-bond donors (Lipinski definition) is 1. The van der Waals surface area contributed by atoms with Crippen LogP contribution in [0.1, 0.15) is 19.3 Å². The maximum absolute atomic E-state index is 13.1. The average molecular weight is 322 g/mol. The first-order valence-corrected chi connectivity index (χ1v) is 8.34. The van der Waals surface area contributed by atoms with Gasteiger partial charge in [-0.15, -0.1) is 0 Å². The van der Waals surface area contributed by atoms with Crippen molar-refractivity contribution < 1.29 is 4.39 Å². The number of nitrogens with zero attached hydrogens (tertiary/aromatic N) is 3. The van der Waals surface area contributed by atoms with Gasteiger partial charge in [-0.1, -0.05) is 12.1 Å². The molecule has 2 heterocycles. The summed E-state index contributed by atoms with van der Waals surface area (Å²) in [6.45, 7) is 2.05. The van der Waals surface area contributed by atoms with E-state index in [4.69, 9.17) is 4.98 Å². The van der Waals surface area contributed by atoms with E-state index in [0.29, 0.717) is 5.95 Å². The third-order valence-electron chi connectivity index (χ3n) is 4.34. The van der Waals surface area contributed by atoms with Gasteiger partial charge >= 0.3 is 0 Å². The SMILES string of the molecule is Fc1ccc(Nc2nc(N3CCCCC3)c3ccccc3n2)cc1. The van der Waals surface area contributed by atoms with Crippen molar-refractivity contribution in [2.75, 3.05) is 23.3 Å². The summed E-state index contributed by atoms with van der Waals surface area (Å²) in [5, 5.41) is 4.26. The summed E-state index contributed by atoms with van der Waals surface area (Å²) in [6, 6.07) is 14.3. The highest BCUT2D eigenvalue weighted by Crippen LogP contribution is 2.28. The molecule has 0 unspecified atom stereocenters. The van der Waals surface area contributed by atoms with Crippen LogP contribution in [-0.2, 0) is 0 Å². The number of para-hydroxylation sites is 1. The summed E-state index contributed by atoms with van der Waals surface area (Å²) in [5.74, 6) is 1.26. The van der Waals surface area contributed by atoms with E-state index in [9.17, 15) is 4.39 Å². The number of anilines is 3. The van der Waals surface area contributed by atoms with Gasteiger partial charge in [0.25, 0.3) is 0 Å². The lowest BCUT2D eigenvalue weighted by atomic mass is 10.1. The second-order valence-electron chi connectivity index (χ2n) is 6.07. The highest BCUT2D eigenvalue weighted by molar-refractivity contribution is 5.90. The minimum absolute atomic E-state index is 0.256. The summed E-state index contributed by atoms with van der Waals surface area (Å²) in [4.78, 5) is 11.7. The van der Waals surface area contributed by atoms with E-state index in [0.717, 1.165) is 35.5 Å². The Kier molecular flexibility index (Phi) is 3.99. The van der Waals surface area contributed by atoms with Crippen molar-refractivity contribution >= 4 is 28.4 Å². The highest BCUT2D eigenvalue weighted by atomic mass is 19.1. The molecular formula is C19H19FN4. The van der Waals surface area contributed by atoms with E-state index in [1.807, 2.05) is 18.2 Å². The normalized spacial score (nSPS) is 14.8. The molecule has 122 valence electrons. The van der Waals surface area contributed by atoms with E-state index >= 15 is 0 Å². The Bertz CT molecular complexity index is 842. The third kappa shape index (κ3) is 3.02. The number of rotatable bonds is 3. The van der Waals surface area contributed by atoms with Crippen LogP contribution < -0.4 is 10.2 Å². The molecule has 4 nitrogen and oxygen atoms in total. The molecule has 0 spiro atoms. The zero-order valence-electron chi connectivity index (χ0n) is 13.4. The minimum Gasteiger partial charge on any atom is -0.356 e. The Labute approximate surface area is 140 Å². The fourth-order valence-corrected chi connectivity index (χ4v) is 3.12. The third-order valence-corrected chi connectivity index (χ3v) is 4.34. The minimum atomic E-state index is -0.256. The van der Waals surface area contributed by atoms with E-state index < -0.39 is 0 Å². The van der Waals surface area contributed by atoms with Crippen molar-refractivity contribution in [3.05, 3.63) is 54.3 Å². The molecule has 0 aliphatic carbocycles. The smallest absolute Gasteiger partial charge is 0.229 e. The van der Waals surface area contributed by atoms with Crippen LogP contribution in [0.25, 0.3) is 10.9 Å². The van der Waals surface area contributed by atoms with Crippen LogP contribution in [0.4, 0.5) is 21.8 Å². The van der Waals surface area contributed by atoms with Gasteiger partial charge in [0.2, 0.25) is 5.95 Å². The van der Waals surface area contributed by atoms with Crippen molar-refractivity contribution in [1.82, 2.24) is 9.97 Å². The molecule has 1 aliphatic heterocycles. The van der Waals surface area contributed by atoms with Crippen molar-refractivity contribution in [2.24, 2.45) is 0 Å². The van der Waals surface area contributed by atoms with Crippen LogP contribution in [-0.4, -0.2) is 23.1 Å². The maximum atomic E-state index is 13.1. The first-order valence-electron chi connectivity index (χ1n) is 8.34. The van der Waals surface area contributed by atoms with Crippen LogP contribution >= 0.6 is 0 Å². The molecule has 1 N–H and O–H groups in total. The fourth-order valence-electron chi connectivity index (χ4n) is 3.12. The highest BCUT2D eigenvalue weighted by Gasteiger charge is 2.17. The van der Waals surface area contributed by atoms with Gasteiger partial charge in [-0.05, 0) is 55.7 Å². The van der Waals surface area contributed by atoms with Gasteiger partial charge in [0, 0.05) is 24.2 Å².